The summed E-state index contributed by atoms with van der Waals surface area (Å²) < 4.78 is 38.4. The molecule has 2 aromatic carbocycles. The number of hydrogen-bond acceptors (Lipinski definition) is 5. The Kier molecular flexibility index (Phi) is 5.98. The third-order valence-corrected chi connectivity index (χ3v) is 5.62. The summed E-state index contributed by atoms with van der Waals surface area (Å²) in [5.74, 6) is 0.835. The van der Waals surface area contributed by atoms with Gasteiger partial charge in [-0.25, -0.2) is 13.1 Å². The van der Waals surface area contributed by atoms with E-state index < -0.39 is 10.0 Å². The average molecular weight is 390 g/mol. The normalized spacial score (nSPS) is 13.2. The van der Waals surface area contributed by atoms with Crippen molar-refractivity contribution in [1.82, 2.24) is 9.62 Å². The summed E-state index contributed by atoms with van der Waals surface area (Å²) in [6, 6.07) is 14.1. The highest BCUT2D eigenvalue weighted by Gasteiger charge is 2.19. The Morgan fingerprint density at radius 2 is 1.78 bits per heavy atom. The summed E-state index contributed by atoms with van der Waals surface area (Å²) in [5.41, 5.74) is 0.988. The number of hydrogen-bond donors (Lipinski definition) is 1. The molecule has 0 saturated carbocycles. The molecular formula is C19H22N2O5S. The van der Waals surface area contributed by atoms with Gasteiger partial charge in [-0.3, -0.25) is 4.79 Å². The summed E-state index contributed by atoms with van der Waals surface area (Å²) in [5, 5.41) is 0. The highest BCUT2D eigenvalue weighted by Crippen LogP contribution is 2.32. The van der Waals surface area contributed by atoms with E-state index in [1.165, 1.54) is 19.1 Å². The Labute approximate surface area is 158 Å². The van der Waals surface area contributed by atoms with E-state index in [0.717, 1.165) is 5.56 Å². The van der Waals surface area contributed by atoms with Gasteiger partial charge in [0, 0.05) is 32.6 Å². The molecule has 27 heavy (non-hydrogen) atoms. The predicted octanol–water partition coefficient (Wildman–Crippen LogP) is 1.78. The second-order valence-corrected chi connectivity index (χ2v) is 7.90. The topological polar surface area (TPSA) is 84.9 Å². The van der Waals surface area contributed by atoms with Gasteiger partial charge in [-0.2, -0.15) is 0 Å². The highest BCUT2D eigenvalue weighted by atomic mass is 32.2. The lowest BCUT2D eigenvalue weighted by molar-refractivity contribution is -0.129. The quantitative estimate of drug-likeness (QED) is 0.779. The number of ether oxygens (including phenoxy) is 2. The third-order valence-electron chi connectivity index (χ3n) is 4.16. The zero-order chi connectivity index (χ0) is 19.3. The van der Waals surface area contributed by atoms with Crippen LogP contribution in [0.25, 0.3) is 0 Å². The van der Waals surface area contributed by atoms with Gasteiger partial charge in [-0.15, -0.1) is 0 Å². The van der Waals surface area contributed by atoms with Gasteiger partial charge in [0.15, 0.2) is 11.5 Å². The molecule has 1 aliphatic heterocycles. The van der Waals surface area contributed by atoms with Gasteiger partial charge in [0.1, 0.15) is 13.2 Å². The summed E-state index contributed by atoms with van der Waals surface area (Å²) in [6.45, 7) is 3.12. The summed E-state index contributed by atoms with van der Waals surface area (Å²) in [6.07, 6.45) is 0. The number of nitrogens with one attached hydrogen (secondary N) is 1. The maximum atomic E-state index is 12.5. The van der Waals surface area contributed by atoms with Crippen LogP contribution in [0.2, 0.25) is 0 Å². The number of amides is 1. The molecular weight excluding hydrogens is 368 g/mol. The molecule has 0 aliphatic carbocycles. The van der Waals surface area contributed by atoms with Crippen molar-refractivity contribution in [2.24, 2.45) is 0 Å². The Morgan fingerprint density at radius 3 is 2.48 bits per heavy atom. The van der Waals surface area contributed by atoms with Crippen LogP contribution >= 0.6 is 0 Å². The molecule has 1 amide bonds. The van der Waals surface area contributed by atoms with E-state index in [9.17, 15) is 13.2 Å². The molecule has 0 spiro atoms. The van der Waals surface area contributed by atoms with E-state index in [0.29, 0.717) is 31.3 Å². The van der Waals surface area contributed by atoms with Crippen LogP contribution < -0.4 is 14.2 Å². The molecule has 0 unspecified atom stereocenters. The van der Waals surface area contributed by atoms with E-state index in [1.54, 1.807) is 11.0 Å². The van der Waals surface area contributed by atoms with Crippen LogP contribution in [0.5, 0.6) is 11.5 Å². The molecule has 0 atom stereocenters. The highest BCUT2D eigenvalue weighted by molar-refractivity contribution is 7.89. The second kappa shape index (κ2) is 8.41. The minimum Gasteiger partial charge on any atom is -0.486 e. The third kappa shape index (κ3) is 4.99. The van der Waals surface area contributed by atoms with Crippen LogP contribution in [0.1, 0.15) is 12.5 Å². The standard InChI is InChI=1S/C19H22N2O5S/c1-15(22)21(14-16-5-3-2-4-6-16)10-9-20-27(23,24)17-7-8-18-19(13-17)26-12-11-25-18/h2-8,13,20H,9-12,14H2,1H3. The number of nitrogens with zero attached hydrogens (tertiary/aromatic N) is 1. The second-order valence-electron chi connectivity index (χ2n) is 6.13. The molecule has 144 valence electrons. The zero-order valence-electron chi connectivity index (χ0n) is 15.1. The molecule has 0 radical (unpaired) electrons. The van der Waals surface area contributed by atoms with Crippen molar-refractivity contribution in [3.63, 3.8) is 0 Å². The van der Waals surface area contributed by atoms with E-state index in [2.05, 4.69) is 4.72 Å². The fraction of sp³-hybridized carbons (Fsp3) is 0.316. The lowest BCUT2D eigenvalue weighted by atomic mass is 10.2. The van der Waals surface area contributed by atoms with Crippen molar-refractivity contribution in [3.05, 3.63) is 54.1 Å². The van der Waals surface area contributed by atoms with E-state index in [4.69, 9.17) is 9.47 Å². The molecule has 0 fully saturated rings. The van der Waals surface area contributed by atoms with E-state index in [-0.39, 0.29) is 23.9 Å². The van der Waals surface area contributed by atoms with Crippen LogP contribution in [0.15, 0.2) is 53.4 Å². The van der Waals surface area contributed by atoms with Crippen LogP contribution in [-0.2, 0) is 21.4 Å². The molecule has 1 N–H and O–H groups in total. The molecule has 0 bridgehead atoms. The first-order valence-corrected chi connectivity index (χ1v) is 10.1. The van der Waals surface area contributed by atoms with Crippen molar-refractivity contribution in [3.8, 4) is 11.5 Å². The largest absolute Gasteiger partial charge is 0.486 e. The Balaban J connectivity index is 1.61. The SMILES string of the molecule is CC(=O)N(CCNS(=O)(=O)c1ccc2c(c1)OCCO2)Cc1ccccc1. The van der Waals surface area contributed by atoms with E-state index in [1.807, 2.05) is 30.3 Å². The van der Waals surface area contributed by atoms with Crippen molar-refractivity contribution in [1.29, 1.82) is 0 Å². The van der Waals surface area contributed by atoms with Crippen LogP contribution in [0.4, 0.5) is 0 Å². The number of rotatable bonds is 7. The predicted molar refractivity (Wildman–Crippen MR) is 100 cm³/mol. The fourth-order valence-corrected chi connectivity index (χ4v) is 3.78. The lowest BCUT2D eigenvalue weighted by Gasteiger charge is -2.22. The van der Waals surface area contributed by atoms with Crippen molar-refractivity contribution in [2.75, 3.05) is 26.3 Å². The average Bonchev–Trinajstić information content (AvgIpc) is 2.67. The van der Waals surface area contributed by atoms with Gasteiger partial charge in [0.2, 0.25) is 15.9 Å². The summed E-state index contributed by atoms with van der Waals surface area (Å²) >= 11 is 0. The van der Waals surface area contributed by atoms with Gasteiger partial charge in [0.25, 0.3) is 0 Å². The van der Waals surface area contributed by atoms with Gasteiger partial charge in [0.05, 0.1) is 4.90 Å². The molecule has 0 saturated heterocycles. The number of sulfonamides is 1. The smallest absolute Gasteiger partial charge is 0.240 e. The van der Waals surface area contributed by atoms with Gasteiger partial charge >= 0.3 is 0 Å². The molecule has 7 nitrogen and oxygen atoms in total. The number of benzene rings is 2. The minimum absolute atomic E-state index is 0.101. The maximum absolute atomic E-state index is 12.5. The summed E-state index contributed by atoms with van der Waals surface area (Å²) in [4.78, 5) is 13.6. The van der Waals surface area contributed by atoms with Gasteiger partial charge in [-0.1, -0.05) is 30.3 Å². The maximum Gasteiger partial charge on any atom is 0.240 e. The molecule has 3 rings (SSSR count). The van der Waals surface area contributed by atoms with Gasteiger partial charge < -0.3 is 14.4 Å². The molecule has 2 aromatic rings. The molecule has 0 aromatic heterocycles. The lowest BCUT2D eigenvalue weighted by Crippen LogP contribution is -2.37. The molecule has 1 heterocycles. The number of carbonyl (C=O) groups is 1. The first-order chi connectivity index (χ1) is 13.0. The van der Waals surface area contributed by atoms with E-state index >= 15 is 0 Å². The number of carbonyl (C=O) groups excluding carboxylic acids is 1. The zero-order valence-corrected chi connectivity index (χ0v) is 15.9. The Hall–Kier alpha value is -2.58. The first-order valence-electron chi connectivity index (χ1n) is 8.64. The fourth-order valence-electron chi connectivity index (χ4n) is 2.74. The monoisotopic (exact) mass is 390 g/mol. The van der Waals surface area contributed by atoms with Crippen molar-refractivity contribution in [2.45, 2.75) is 18.4 Å². The van der Waals surface area contributed by atoms with Crippen LogP contribution in [0, 0.1) is 0 Å². The van der Waals surface area contributed by atoms with Crippen LogP contribution in [0.3, 0.4) is 0 Å². The van der Waals surface area contributed by atoms with Crippen molar-refractivity contribution < 1.29 is 22.7 Å². The number of fused-ring (bicyclic) bond motifs is 1. The van der Waals surface area contributed by atoms with Gasteiger partial charge in [-0.05, 0) is 17.7 Å². The Morgan fingerprint density at radius 1 is 1.07 bits per heavy atom. The molecule has 8 heteroatoms. The van der Waals surface area contributed by atoms with Crippen molar-refractivity contribution >= 4 is 15.9 Å². The molecule has 1 aliphatic rings. The summed E-state index contributed by atoms with van der Waals surface area (Å²) in [7, 11) is -3.71. The first kappa shape index (κ1) is 19.2. The minimum atomic E-state index is -3.71. The Bertz CT molecular complexity index is 900. The van der Waals surface area contributed by atoms with Crippen LogP contribution in [-0.4, -0.2) is 45.5 Å².